The Morgan fingerprint density at radius 1 is 0.500 bits per heavy atom. The number of para-hydroxylation sites is 4. The first-order valence-corrected chi connectivity index (χ1v) is 28.6. The van der Waals surface area contributed by atoms with Crippen LogP contribution in [-0.4, -0.2) is 54.3 Å². The minimum atomic E-state index is -4.86. The molecule has 0 fully saturated rings. The van der Waals surface area contributed by atoms with Gasteiger partial charge in [0.1, 0.15) is 0 Å². The van der Waals surface area contributed by atoms with E-state index >= 15 is 0 Å². The van der Waals surface area contributed by atoms with Crippen molar-refractivity contribution in [3.8, 4) is 23.0 Å². The molecule has 4 aromatic rings. The predicted octanol–water partition coefficient (Wildman–Crippen LogP) is 12.7. The number of rotatable bonds is 29. The van der Waals surface area contributed by atoms with E-state index in [9.17, 15) is 4.89 Å². The Labute approximate surface area is 341 Å². The van der Waals surface area contributed by atoms with Gasteiger partial charge in [0.05, 0.1) is 0 Å². The van der Waals surface area contributed by atoms with Crippen LogP contribution < -0.4 is 17.7 Å². The van der Waals surface area contributed by atoms with E-state index in [4.69, 9.17) is 30.3 Å². The fourth-order valence-corrected chi connectivity index (χ4v) is 23.7. The summed E-state index contributed by atoms with van der Waals surface area (Å²) in [5.74, 6) is 2.25. The molecule has 0 unspecified atom stereocenters. The molecule has 0 heterocycles. The van der Waals surface area contributed by atoms with Crippen molar-refractivity contribution in [2.45, 2.75) is 98.8 Å². The predicted molar refractivity (Wildman–Crippen MR) is 239 cm³/mol. The third-order valence-corrected chi connectivity index (χ3v) is 24.8. The summed E-state index contributed by atoms with van der Waals surface area (Å²) in [4.78, 5) is 13.9. The molecule has 0 atom stereocenters. The van der Waals surface area contributed by atoms with Gasteiger partial charge in [0.2, 0.25) is 0 Å². The van der Waals surface area contributed by atoms with Crippen LogP contribution in [0.2, 0.25) is 0 Å². The van der Waals surface area contributed by atoms with Gasteiger partial charge in [0.25, 0.3) is 0 Å². The van der Waals surface area contributed by atoms with Crippen LogP contribution in [-0.2, 0) is 12.6 Å². The molecule has 0 aliphatic heterocycles. The van der Waals surface area contributed by atoms with Crippen LogP contribution in [0.4, 0.5) is 0 Å². The van der Waals surface area contributed by atoms with Crippen LogP contribution in [0.25, 0.3) is 0 Å². The van der Waals surface area contributed by atoms with E-state index in [1.54, 1.807) is 0 Å². The van der Waals surface area contributed by atoms with E-state index in [0.717, 1.165) is 69.9 Å². The van der Waals surface area contributed by atoms with E-state index < -0.39 is 33.3 Å². The van der Waals surface area contributed by atoms with E-state index in [1.807, 2.05) is 121 Å². The third-order valence-electron chi connectivity index (χ3n) is 9.54. The Morgan fingerprint density at radius 2 is 0.839 bits per heavy atom. The van der Waals surface area contributed by atoms with E-state index in [1.165, 1.54) is 0 Å². The first-order chi connectivity index (χ1) is 27.2. The molecule has 56 heavy (non-hydrogen) atoms. The molecular weight excluding hydrogens is 775 g/mol. The van der Waals surface area contributed by atoms with Crippen molar-refractivity contribution < 1.29 is 35.2 Å². The summed E-state index contributed by atoms with van der Waals surface area (Å²) < 4.78 is 50.0. The van der Waals surface area contributed by atoms with Crippen LogP contribution in [0, 0.1) is 0 Å². The summed E-state index contributed by atoms with van der Waals surface area (Å²) in [6, 6.07) is 38.2. The van der Waals surface area contributed by atoms with Crippen molar-refractivity contribution in [1.82, 2.24) is 0 Å². The van der Waals surface area contributed by atoms with Crippen LogP contribution >= 0.6 is 14.8 Å². The first kappa shape index (κ1) is 45.9. The molecule has 4 aromatic carbocycles. The van der Waals surface area contributed by atoms with Crippen LogP contribution in [0.3, 0.4) is 0 Å². The van der Waals surface area contributed by atoms with Gasteiger partial charge in [-0.3, -0.25) is 0 Å². The van der Waals surface area contributed by atoms with Crippen LogP contribution in [0.5, 0.6) is 23.0 Å². The SMILES string of the molecule is CCCC[P+](CCCC)(CCCC)O[Si](Oc1ccccc1)(Oc1ccccc1)OP(O)(CCCC)(CCCC)O[SiH](Oc1ccccc1)Oc1ccccc1. The Balaban J connectivity index is 1.99. The molecule has 4 rings (SSSR count). The monoisotopic (exact) mass is 841 g/mol. The molecule has 0 radical (unpaired) electrons. The zero-order valence-electron chi connectivity index (χ0n) is 34.4. The van der Waals surface area contributed by atoms with Gasteiger partial charge in [-0.25, -0.2) is 0 Å². The van der Waals surface area contributed by atoms with Crippen LogP contribution in [0.15, 0.2) is 121 Å². The average Bonchev–Trinajstić information content (AvgIpc) is 3.21. The molecule has 0 aromatic heterocycles. The summed E-state index contributed by atoms with van der Waals surface area (Å²) >= 11 is 0. The summed E-state index contributed by atoms with van der Waals surface area (Å²) in [5, 5.41) is 0. The Kier molecular flexibility index (Phi) is 19.3. The standard InChI is InChI=1S/C44H67O8P2Si2/c1-6-11-36-53(37-12-7-2,38-13-8-3)50-56(48-43-32-24-18-25-33-43,49-44-34-26-19-27-35-44)52-54(45,39-14-9-4,40-15-10-5)51-55(46-41-28-20-16-21-29-41)47-42-30-22-17-23-31-42/h16-35,45,55H,6-15,36-40H2,1-5H3/q+1. The second kappa shape index (κ2) is 23.6. The summed E-state index contributed by atoms with van der Waals surface area (Å²) in [7, 11) is -14.9. The van der Waals surface area contributed by atoms with Crippen molar-refractivity contribution in [2.75, 3.05) is 30.8 Å². The molecule has 0 aliphatic carbocycles. The quantitative estimate of drug-likeness (QED) is 0.0427. The molecule has 12 heteroatoms. The van der Waals surface area contributed by atoms with Gasteiger partial charge >= 0.3 is 343 Å². The zero-order chi connectivity index (χ0) is 40.0. The van der Waals surface area contributed by atoms with Crippen LogP contribution in [0.1, 0.15) is 98.8 Å². The fraction of sp³-hybridized carbons (Fsp3) is 0.455. The average molecular weight is 842 g/mol. The van der Waals surface area contributed by atoms with Crippen molar-refractivity contribution in [3.63, 3.8) is 0 Å². The van der Waals surface area contributed by atoms with Gasteiger partial charge in [-0.15, -0.1) is 0 Å². The molecule has 1 N–H and O–H groups in total. The van der Waals surface area contributed by atoms with Gasteiger partial charge in [-0.05, 0) is 0 Å². The van der Waals surface area contributed by atoms with Crippen molar-refractivity contribution in [2.24, 2.45) is 0 Å². The topological polar surface area (TPSA) is 84.8 Å². The molecule has 0 amide bonds. The van der Waals surface area contributed by atoms with Crippen molar-refractivity contribution in [3.05, 3.63) is 121 Å². The Hall–Kier alpha value is -2.79. The van der Waals surface area contributed by atoms with Gasteiger partial charge in [0, 0.05) is 0 Å². The zero-order valence-corrected chi connectivity index (χ0v) is 38.4. The first-order valence-electron chi connectivity index (χ1n) is 20.8. The summed E-state index contributed by atoms with van der Waals surface area (Å²) in [6.07, 6.45) is 12.2. The van der Waals surface area contributed by atoms with Gasteiger partial charge < -0.3 is 0 Å². The minimum absolute atomic E-state index is 0.237. The summed E-state index contributed by atoms with van der Waals surface area (Å²) in [5.41, 5.74) is 0. The Morgan fingerprint density at radius 3 is 1.18 bits per heavy atom. The second-order valence-electron chi connectivity index (χ2n) is 14.5. The van der Waals surface area contributed by atoms with Crippen molar-refractivity contribution >= 4 is 33.3 Å². The number of benzene rings is 4. The molecule has 308 valence electrons. The maximum absolute atomic E-state index is 13.9. The summed E-state index contributed by atoms with van der Waals surface area (Å²) in [6.45, 7) is 10.9. The van der Waals surface area contributed by atoms with Crippen molar-refractivity contribution in [1.29, 1.82) is 0 Å². The third kappa shape index (κ3) is 14.9. The van der Waals surface area contributed by atoms with E-state index in [0.29, 0.717) is 35.8 Å². The fourth-order valence-electron chi connectivity index (χ4n) is 6.43. The maximum atomic E-state index is 13.9. The molecule has 0 spiro atoms. The number of hydrogen-bond donors (Lipinski definition) is 1. The van der Waals surface area contributed by atoms with Gasteiger partial charge in [-0.2, -0.15) is 0 Å². The van der Waals surface area contributed by atoms with Gasteiger partial charge in [-0.1, -0.05) is 0 Å². The molecule has 8 nitrogen and oxygen atoms in total. The molecule has 0 saturated heterocycles. The number of hydrogen-bond acceptors (Lipinski definition) is 8. The number of unbranched alkanes of at least 4 members (excludes halogenated alkanes) is 5. The molecule has 0 aliphatic rings. The second-order valence-corrected chi connectivity index (χ2v) is 26.1. The normalized spacial score (nSPS) is 12.9. The molecule has 0 bridgehead atoms. The molecule has 0 saturated carbocycles. The Bertz CT molecular complexity index is 1510. The van der Waals surface area contributed by atoms with E-state index in [-0.39, 0.29) is 12.3 Å². The van der Waals surface area contributed by atoms with E-state index in [2.05, 4.69) is 34.6 Å². The molecular formula is C44H67O8P2Si2+. The van der Waals surface area contributed by atoms with Gasteiger partial charge in [0.15, 0.2) is 0 Å².